The predicted octanol–water partition coefficient (Wildman–Crippen LogP) is 2.54. The van der Waals surface area contributed by atoms with Gasteiger partial charge in [-0.05, 0) is 37.0 Å². The van der Waals surface area contributed by atoms with Crippen molar-refractivity contribution in [1.82, 2.24) is 10.6 Å². The van der Waals surface area contributed by atoms with E-state index >= 15 is 0 Å². The summed E-state index contributed by atoms with van der Waals surface area (Å²) in [4.78, 5) is 24.0. The summed E-state index contributed by atoms with van der Waals surface area (Å²) >= 11 is 1.32. The van der Waals surface area contributed by atoms with Gasteiger partial charge in [0.1, 0.15) is 0 Å². The fraction of sp³-hybridized carbons (Fsp3) is 0.467. The molecule has 0 bridgehead atoms. The van der Waals surface area contributed by atoms with Crippen molar-refractivity contribution in [2.45, 2.75) is 32.1 Å². The quantitative estimate of drug-likeness (QED) is 0.557. The Balaban J connectivity index is 2.32. The average molecular weight is 309 g/mol. The van der Waals surface area contributed by atoms with Crippen molar-refractivity contribution in [3.8, 4) is 0 Å². The van der Waals surface area contributed by atoms with Gasteiger partial charge in [-0.2, -0.15) is 0 Å². The second kappa shape index (κ2) is 8.56. The van der Waals surface area contributed by atoms with Crippen LogP contribution in [0.5, 0.6) is 0 Å². The Labute approximate surface area is 130 Å². The van der Waals surface area contributed by atoms with Crippen LogP contribution in [0.1, 0.15) is 25.8 Å². The topological polar surface area (TPSA) is 84.2 Å². The zero-order valence-corrected chi connectivity index (χ0v) is 13.5. The van der Waals surface area contributed by atoms with E-state index in [1.807, 2.05) is 25.1 Å². The standard InChI is InChI=1S/C15H23N3O2S/c1-10(2)6-7-17-15(20)18-14(19)9-21-13-5-4-11(3)8-12(13)16/h4-5,8,10H,6-7,9,16H2,1-3H3,(H2,17,18,19,20). The molecule has 0 spiro atoms. The van der Waals surface area contributed by atoms with Crippen LogP contribution in [0.4, 0.5) is 10.5 Å². The summed E-state index contributed by atoms with van der Waals surface area (Å²) in [6.45, 7) is 6.68. The Bertz CT molecular complexity index is 504. The third-order valence-electron chi connectivity index (χ3n) is 2.78. The van der Waals surface area contributed by atoms with E-state index in [-0.39, 0.29) is 11.7 Å². The van der Waals surface area contributed by atoms with E-state index in [9.17, 15) is 9.59 Å². The number of nitrogen functional groups attached to an aromatic ring is 1. The van der Waals surface area contributed by atoms with Gasteiger partial charge in [0.25, 0.3) is 0 Å². The number of hydrogen-bond acceptors (Lipinski definition) is 4. The number of rotatable bonds is 6. The molecule has 1 aromatic carbocycles. The highest BCUT2D eigenvalue weighted by Gasteiger charge is 2.09. The second-order valence-corrected chi connectivity index (χ2v) is 6.33. The van der Waals surface area contributed by atoms with E-state index in [1.165, 1.54) is 11.8 Å². The van der Waals surface area contributed by atoms with E-state index in [2.05, 4.69) is 24.5 Å². The molecule has 4 N–H and O–H groups in total. The number of amides is 3. The number of urea groups is 1. The molecule has 21 heavy (non-hydrogen) atoms. The first-order valence-electron chi connectivity index (χ1n) is 6.95. The normalized spacial score (nSPS) is 10.5. The zero-order valence-electron chi connectivity index (χ0n) is 12.7. The minimum absolute atomic E-state index is 0.158. The van der Waals surface area contributed by atoms with Crippen LogP contribution in [0, 0.1) is 12.8 Å². The molecule has 0 aliphatic rings. The van der Waals surface area contributed by atoms with Gasteiger partial charge in [0, 0.05) is 17.1 Å². The Morgan fingerprint density at radius 3 is 2.67 bits per heavy atom. The summed E-state index contributed by atoms with van der Waals surface area (Å²) in [5.74, 6) is 0.341. The van der Waals surface area contributed by atoms with Gasteiger partial charge < -0.3 is 11.1 Å². The number of benzene rings is 1. The lowest BCUT2D eigenvalue weighted by Crippen LogP contribution is -2.40. The summed E-state index contributed by atoms with van der Waals surface area (Å²) in [5.41, 5.74) is 7.59. The van der Waals surface area contributed by atoms with Crippen LogP contribution in [0.15, 0.2) is 23.1 Å². The molecule has 1 aromatic rings. The third-order valence-corrected chi connectivity index (χ3v) is 3.87. The van der Waals surface area contributed by atoms with Crippen molar-refractivity contribution < 1.29 is 9.59 Å². The summed E-state index contributed by atoms with van der Waals surface area (Å²) in [7, 11) is 0. The molecule has 0 heterocycles. The molecular formula is C15H23N3O2S. The maximum absolute atomic E-state index is 11.7. The van der Waals surface area contributed by atoms with E-state index in [4.69, 9.17) is 5.73 Å². The second-order valence-electron chi connectivity index (χ2n) is 5.32. The van der Waals surface area contributed by atoms with Crippen LogP contribution in [0.25, 0.3) is 0 Å². The van der Waals surface area contributed by atoms with Crippen LogP contribution < -0.4 is 16.4 Å². The van der Waals surface area contributed by atoms with Crippen LogP contribution in [-0.4, -0.2) is 24.2 Å². The number of anilines is 1. The molecule has 0 aliphatic carbocycles. The smallest absolute Gasteiger partial charge is 0.321 e. The van der Waals surface area contributed by atoms with Crippen molar-refractivity contribution in [2.75, 3.05) is 18.0 Å². The summed E-state index contributed by atoms with van der Waals surface area (Å²) < 4.78 is 0. The van der Waals surface area contributed by atoms with Gasteiger partial charge in [0.15, 0.2) is 0 Å². The van der Waals surface area contributed by atoms with E-state index < -0.39 is 6.03 Å². The van der Waals surface area contributed by atoms with Crippen LogP contribution in [0.2, 0.25) is 0 Å². The molecule has 0 unspecified atom stereocenters. The molecule has 0 saturated heterocycles. The van der Waals surface area contributed by atoms with Crippen molar-refractivity contribution in [3.63, 3.8) is 0 Å². The molecule has 0 saturated carbocycles. The molecule has 1 rings (SSSR count). The molecule has 116 valence electrons. The first-order chi connectivity index (χ1) is 9.88. The molecule has 0 atom stereocenters. The Morgan fingerprint density at radius 2 is 2.05 bits per heavy atom. The Hall–Kier alpha value is -1.69. The lowest BCUT2D eigenvalue weighted by atomic mass is 10.1. The zero-order chi connectivity index (χ0) is 15.8. The van der Waals surface area contributed by atoms with Gasteiger partial charge >= 0.3 is 6.03 Å². The summed E-state index contributed by atoms with van der Waals surface area (Å²) in [6, 6.07) is 5.23. The van der Waals surface area contributed by atoms with Crippen LogP contribution in [0.3, 0.4) is 0 Å². The van der Waals surface area contributed by atoms with Crippen molar-refractivity contribution in [3.05, 3.63) is 23.8 Å². The van der Waals surface area contributed by atoms with Crippen molar-refractivity contribution in [1.29, 1.82) is 0 Å². The van der Waals surface area contributed by atoms with Gasteiger partial charge in [-0.15, -0.1) is 11.8 Å². The number of hydrogen-bond donors (Lipinski definition) is 3. The monoisotopic (exact) mass is 309 g/mol. The number of carbonyl (C=O) groups excluding carboxylic acids is 2. The van der Waals surface area contributed by atoms with E-state index in [0.717, 1.165) is 16.9 Å². The van der Waals surface area contributed by atoms with Gasteiger partial charge in [-0.1, -0.05) is 19.9 Å². The highest BCUT2D eigenvalue weighted by Crippen LogP contribution is 2.25. The molecule has 3 amide bonds. The van der Waals surface area contributed by atoms with E-state index in [1.54, 1.807) is 0 Å². The highest BCUT2D eigenvalue weighted by atomic mass is 32.2. The molecule has 0 radical (unpaired) electrons. The highest BCUT2D eigenvalue weighted by molar-refractivity contribution is 8.00. The minimum Gasteiger partial charge on any atom is -0.398 e. The first kappa shape index (κ1) is 17.4. The maximum Gasteiger partial charge on any atom is 0.321 e. The predicted molar refractivity (Wildman–Crippen MR) is 87.3 cm³/mol. The molecule has 0 aliphatic heterocycles. The maximum atomic E-state index is 11.7. The Morgan fingerprint density at radius 1 is 1.33 bits per heavy atom. The number of nitrogens with one attached hydrogen (secondary N) is 2. The lowest BCUT2D eigenvalue weighted by molar-refractivity contribution is -0.117. The van der Waals surface area contributed by atoms with Crippen LogP contribution >= 0.6 is 11.8 Å². The third kappa shape index (κ3) is 7.04. The van der Waals surface area contributed by atoms with E-state index in [0.29, 0.717) is 18.2 Å². The number of thioether (sulfide) groups is 1. The lowest BCUT2D eigenvalue weighted by Gasteiger charge is -2.09. The van der Waals surface area contributed by atoms with Gasteiger partial charge in [0.05, 0.1) is 5.75 Å². The number of imide groups is 1. The minimum atomic E-state index is -0.446. The largest absolute Gasteiger partial charge is 0.398 e. The Kier molecular flexibility index (Phi) is 7.08. The van der Waals surface area contributed by atoms with Gasteiger partial charge in [-0.25, -0.2) is 4.79 Å². The number of nitrogens with two attached hydrogens (primary N) is 1. The average Bonchev–Trinajstić information content (AvgIpc) is 2.37. The van der Waals surface area contributed by atoms with Crippen molar-refractivity contribution in [2.24, 2.45) is 5.92 Å². The SMILES string of the molecule is Cc1ccc(SCC(=O)NC(=O)NCCC(C)C)c(N)c1. The molecule has 6 heteroatoms. The van der Waals surface area contributed by atoms with Crippen LogP contribution in [-0.2, 0) is 4.79 Å². The summed E-state index contributed by atoms with van der Waals surface area (Å²) in [6.07, 6.45) is 0.885. The number of aryl methyl sites for hydroxylation is 1. The van der Waals surface area contributed by atoms with Crippen molar-refractivity contribution >= 4 is 29.4 Å². The fourth-order valence-electron chi connectivity index (χ4n) is 1.62. The van der Waals surface area contributed by atoms with Gasteiger partial charge in [0.2, 0.25) is 5.91 Å². The molecular weight excluding hydrogens is 286 g/mol. The van der Waals surface area contributed by atoms with Gasteiger partial charge in [-0.3, -0.25) is 10.1 Å². The molecule has 0 fully saturated rings. The fourth-order valence-corrected chi connectivity index (χ4v) is 2.37. The summed E-state index contributed by atoms with van der Waals surface area (Å²) in [5, 5.41) is 4.96. The number of carbonyl (C=O) groups is 2. The first-order valence-corrected chi connectivity index (χ1v) is 7.93. The molecule has 0 aromatic heterocycles. The molecule has 5 nitrogen and oxygen atoms in total.